The van der Waals surface area contributed by atoms with E-state index in [1.54, 1.807) is 11.8 Å². The van der Waals surface area contributed by atoms with Gasteiger partial charge in [-0.25, -0.2) is 0 Å². The van der Waals surface area contributed by atoms with E-state index < -0.39 is 0 Å². The predicted octanol–water partition coefficient (Wildman–Crippen LogP) is 2.77. The maximum atomic E-state index is 11.6. The molecular formula is C11H14ClNOS. The average Bonchev–Trinajstić information content (AvgIpc) is 2.29. The first-order valence-corrected chi connectivity index (χ1v) is 6.52. The second-order valence-electron chi connectivity index (χ2n) is 3.03. The second-order valence-corrected chi connectivity index (χ2v) is 4.28. The second kappa shape index (κ2) is 6.75. The van der Waals surface area contributed by atoms with Crippen molar-refractivity contribution in [2.45, 2.75) is 11.3 Å². The lowest BCUT2D eigenvalue weighted by Gasteiger charge is -2.04. The van der Waals surface area contributed by atoms with Crippen molar-refractivity contribution in [3.05, 3.63) is 29.8 Å². The van der Waals surface area contributed by atoms with Crippen LogP contribution >= 0.6 is 23.4 Å². The summed E-state index contributed by atoms with van der Waals surface area (Å²) in [5.41, 5.74) is 0.697. The fourth-order valence-electron chi connectivity index (χ4n) is 1.11. The van der Waals surface area contributed by atoms with E-state index >= 15 is 0 Å². The van der Waals surface area contributed by atoms with Crippen LogP contribution in [0.15, 0.2) is 29.2 Å². The molecule has 0 atom stereocenters. The molecule has 1 aromatic rings. The SMILES string of the molecule is CSc1ccc(C(=O)NCCCCl)cc1. The topological polar surface area (TPSA) is 29.1 Å². The van der Waals surface area contributed by atoms with Gasteiger partial charge in [0, 0.05) is 22.9 Å². The molecule has 15 heavy (non-hydrogen) atoms. The summed E-state index contributed by atoms with van der Waals surface area (Å²) in [6.45, 7) is 0.632. The molecule has 0 heterocycles. The maximum absolute atomic E-state index is 11.6. The van der Waals surface area contributed by atoms with Crippen LogP contribution in [0, 0.1) is 0 Å². The minimum absolute atomic E-state index is 0.0345. The first-order valence-electron chi connectivity index (χ1n) is 4.76. The normalized spacial score (nSPS) is 10.0. The Labute approximate surface area is 99.4 Å². The molecular weight excluding hydrogens is 230 g/mol. The van der Waals surface area contributed by atoms with Gasteiger partial charge in [-0.3, -0.25) is 4.79 Å². The molecule has 0 spiro atoms. The molecule has 1 N–H and O–H groups in total. The van der Waals surface area contributed by atoms with Crippen molar-refractivity contribution in [1.29, 1.82) is 0 Å². The van der Waals surface area contributed by atoms with Crippen molar-refractivity contribution >= 4 is 29.3 Å². The highest BCUT2D eigenvalue weighted by Gasteiger charge is 2.03. The third-order valence-electron chi connectivity index (χ3n) is 1.95. The molecule has 0 aliphatic rings. The zero-order chi connectivity index (χ0) is 11.1. The van der Waals surface area contributed by atoms with Crippen LogP contribution in [0.5, 0.6) is 0 Å². The number of hydrogen-bond acceptors (Lipinski definition) is 2. The summed E-state index contributed by atoms with van der Waals surface area (Å²) in [7, 11) is 0. The third kappa shape index (κ3) is 4.14. The van der Waals surface area contributed by atoms with Gasteiger partial charge in [0.2, 0.25) is 0 Å². The monoisotopic (exact) mass is 243 g/mol. The highest BCUT2D eigenvalue weighted by Crippen LogP contribution is 2.14. The molecule has 0 saturated heterocycles. The molecule has 1 rings (SSSR count). The summed E-state index contributed by atoms with van der Waals surface area (Å²) in [6, 6.07) is 7.56. The van der Waals surface area contributed by atoms with Gasteiger partial charge < -0.3 is 5.32 Å². The lowest BCUT2D eigenvalue weighted by molar-refractivity contribution is 0.0953. The summed E-state index contributed by atoms with van der Waals surface area (Å²) in [5, 5.41) is 2.81. The lowest BCUT2D eigenvalue weighted by atomic mass is 10.2. The van der Waals surface area contributed by atoms with E-state index in [9.17, 15) is 4.79 Å². The van der Waals surface area contributed by atoms with E-state index in [1.807, 2.05) is 30.5 Å². The minimum Gasteiger partial charge on any atom is -0.352 e. The number of amides is 1. The number of alkyl halides is 1. The Hall–Kier alpha value is -0.670. The van der Waals surface area contributed by atoms with Gasteiger partial charge in [-0.2, -0.15) is 0 Å². The molecule has 2 nitrogen and oxygen atoms in total. The van der Waals surface area contributed by atoms with Gasteiger partial charge >= 0.3 is 0 Å². The quantitative estimate of drug-likeness (QED) is 0.490. The number of thioether (sulfide) groups is 1. The van der Waals surface area contributed by atoms with Crippen LogP contribution in [-0.2, 0) is 0 Å². The molecule has 82 valence electrons. The summed E-state index contributed by atoms with van der Waals surface area (Å²) in [5.74, 6) is 0.541. The van der Waals surface area contributed by atoms with Crippen molar-refractivity contribution in [3.8, 4) is 0 Å². The van der Waals surface area contributed by atoms with Crippen LogP contribution in [0.2, 0.25) is 0 Å². The number of nitrogens with one attached hydrogen (secondary N) is 1. The number of rotatable bonds is 5. The van der Waals surface area contributed by atoms with Crippen LogP contribution in [0.3, 0.4) is 0 Å². The summed E-state index contributed by atoms with van der Waals surface area (Å²) >= 11 is 7.18. The van der Waals surface area contributed by atoms with Gasteiger partial charge in [0.25, 0.3) is 5.91 Å². The zero-order valence-corrected chi connectivity index (χ0v) is 10.2. The third-order valence-corrected chi connectivity index (χ3v) is 2.96. The van der Waals surface area contributed by atoms with Crippen molar-refractivity contribution in [2.75, 3.05) is 18.7 Å². The summed E-state index contributed by atoms with van der Waals surface area (Å²) < 4.78 is 0. The van der Waals surface area contributed by atoms with Crippen LogP contribution in [0.1, 0.15) is 16.8 Å². The fourth-order valence-corrected chi connectivity index (χ4v) is 1.66. The zero-order valence-electron chi connectivity index (χ0n) is 8.63. The van der Waals surface area contributed by atoms with Crippen molar-refractivity contribution < 1.29 is 4.79 Å². The summed E-state index contributed by atoms with van der Waals surface area (Å²) in [6.07, 6.45) is 2.81. The number of benzene rings is 1. The van der Waals surface area contributed by atoms with E-state index in [0.717, 1.165) is 11.3 Å². The van der Waals surface area contributed by atoms with E-state index in [1.165, 1.54) is 0 Å². The largest absolute Gasteiger partial charge is 0.352 e. The fraction of sp³-hybridized carbons (Fsp3) is 0.364. The predicted molar refractivity (Wildman–Crippen MR) is 65.9 cm³/mol. The van der Waals surface area contributed by atoms with Crippen LogP contribution in [0.4, 0.5) is 0 Å². The number of halogens is 1. The number of hydrogen-bond donors (Lipinski definition) is 1. The molecule has 1 aromatic carbocycles. The molecule has 0 unspecified atom stereocenters. The minimum atomic E-state index is -0.0345. The number of carbonyl (C=O) groups is 1. The van der Waals surface area contributed by atoms with Gasteiger partial charge in [0.15, 0.2) is 0 Å². The maximum Gasteiger partial charge on any atom is 0.251 e. The van der Waals surface area contributed by atoms with Crippen LogP contribution < -0.4 is 5.32 Å². The Balaban J connectivity index is 2.50. The van der Waals surface area contributed by atoms with E-state index in [0.29, 0.717) is 18.0 Å². The van der Waals surface area contributed by atoms with Gasteiger partial charge in [-0.15, -0.1) is 23.4 Å². The first kappa shape index (κ1) is 12.4. The van der Waals surface area contributed by atoms with E-state index in [2.05, 4.69) is 5.32 Å². The molecule has 1 amide bonds. The van der Waals surface area contributed by atoms with Crippen LogP contribution in [0.25, 0.3) is 0 Å². The molecule has 0 radical (unpaired) electrons. The van der Waals surface area contributed by atoms with Gasteiger partial charge in [-0.05, 0) is 36.9 Å². The van der Waals surface area contributed by atoms with E-state index in [4.69, 9.17) is 11.6 Å². The van der Waals surface area contributed by atoms with Crippen molar-refractivity contribution in [3.63, 3.8) is 0 Å². The molecule has 0 bridgehead atoms. The Morgan fingerprint density at radius 2 is 2.07 bits per heavy atom. The van der Waals surface area contributed by atoms with Gasteiger partial charge in [0.05, 0.1) is 0 Å². The Bertz CT molecular complexity index is 313. The van der Waals surface area contributed by atoms with Crippen molar-refractivity contribution in [2.24, 2.45) is 0 Å². The van der Waals surface area contributed by atoms with Gasteiger partial charge in [0.1, 0.15) is 0 Å². The van der Waals surface area contributed by atoms with Crippen molar-refractivity contribution in [1.82, 2.24) is 5.32 Å². The van der Waals surface area contributed by atoms with E-state index in [-0.39, 0.29) is 5.91 Å². The smallest absolute Gasteiger partial charge is 0.251 e. The Morgan fingerprint density at radius 1 is 1.40 bits per heavy atom. The highest BCUT2D eigenvalue weighted by molar-refractivity contribution is 7.98. The Morgan fingerprint density at radius 3 is 2.60 bits per heavy atom. The number of carbonyl (C=O) groups excluding carboxylic acids is 1. The molecule has 0 aliphatic carbocycles. The van der Waals surface area contributed by atoms with Gasteiger partial charge in [-0.1, -0.05) is 0 Å². The molecule has 0 fully saturated rings. The standard InChI is InChI=1S/C11H14ClNOS/c1-15-10-5-3-9(4-6-10)11(14)13-8-2-7-12/h3-6H,2,7-8H2,1H3,(H,13,14). The highest BCUT2D eigenvalue weighted by atomic mass is 35.5. The van der Waals surface area contributed by atoms with Crippen LogP contribution in [-0.4, -0.2) is 24.6 Å². The molecule has 0 saturated carbocycles. The Kier molecular flexibility index (Phi) is 5.58. The summed E-state index contributed by atoms with van der Waals surface area (Å²) in [4.78, 5) is 12.7. The average molecular weight is 244 g/mol. The molecule has 0 aromatic heterocycles. The molecule has 0 aliphatic heterocycles. The first-order chi connectivity index (χ1) is 7.27. The lowest BCUT2D eigenvalue weighted by Crippen LogP contribution is -2.24. The molecule has 4 heteroatoms.